The van der Waals surface area contributed by atoms with Gasteiger partial charge in [-0.3, -0.25) is 4.79 Å². The lowest BCUT2D eigenvalue weighted by atomic mass is 9.68. The Labute approximate surface area is 119 Å². The molecule has 0 radical (unpaired) electrons. The van der Waals surface area contributed by atoms with Gasteiger partial charge < -0.3 is 11.1 Å². The summed E-state index contributed by atoms with van der Waals surface area (Å²) < 4.78 is 0. The second kappa shape index (κ2) is 5.70. The smallest absolute Gasteiger partial charge is 0.233 e. The lowest BCUT2D eigenvalue weighted by molar-refractivity contribution is -0.131. The number of carbonyl (C=O) groups is 1. The Bertz CT molecular complexity index is 468. The summed E-state index contributed by atoms with van der Waals surface area (Å²) in [6.45, 7) is 2.06. The molecule has 1 saturated carbocycles. The van der Waals surface area contributed by atoms with Gasteiger partial charge in [-0.05, 0) is 24.8 Å². The Morgan fingerprint density at radius 2 is 2.05 bits per heavy atom. The van der Waals surface area contributed by atoms with E-state index in [0.29, 0.717) is 4.99 Å². The zero-order valence-corrected chi connectivity index (χ0v) is 12.0. The molecule has 0 aliphatic heterocycles. The van der Waals surface area contributed by atoms with Gasteiger partial charge in [-0.2, -0.15) is 0 Å². The Morgan fingerprint density at radius 3 is 2.47 bits per heavy atom. The minimum Gasteiger partial charge on any atom is -0.392 e. The Kier molecular flexibility index (Phi) is 4.20. The molecule has 0 spiro atoms. The number of rotatable bonds is 5. The van der Waals surface area contributed by atoms with Crippen LogP contribution < -0.4 is 11.1 Å². The first kappa shape index (κ1) is 14.0. The maximum Gasteiger partial charge on any atom is 0.233 e. The van der Waals surface area contributed by atoms with Gasteiger partial charge in [0.1, 0.15) is 0 Å². The standard InChI is InChI=1S/C15H20N2OS/c1-2-12(11-7-4-3-5-8-11)17-14(18)15(13(16)19)9-6-10-15/h3-5,7-8,12H,2,6,9-10H2,1H3,(H2,16,19)(H,17,18). The first-order chi connectivity index (χ1) is 9.10. The molecule has 19 heavy (non-hydrogen) atoms. The molecule has 0 saturated heterocycles. The molecule has 1 atom stereocenters. The Morgan fingerprint density at radius 1 is 1.42 bits per heavy atom. The molecule has 2 rings (SSSR count). The molecule has 0 aromatic heterocycles. The van der Waals surface area contributed by atoms with Crippen LogP contribution in [-0.2, 0) is 4.79 Å². The highest BCUT2D eigenvalue weighted by Gasteiger charge is 2.47. The number of benzene rings is 1. The molecule has 4 heteroatoms. The van der Waals surface area contributed by atoms with Crippen LogP contribution in [-0.4, -0.2) is 10.9 Å². The topological polar surface area (TPSA) is 55.1 Å². The fraction of sp³-hybridized carbons (Fsp3) is 0.467. The zero-order chi connectivity index (χ0) is 13.9. The van der Waals surface area contributed by atoms with Crippen LogP contribution in [0.2, 0.25) is 0 Å². The third-order valence-electron chi connectivity index (χ3n) is 4.03. The van der Waals surface area contributed by atoms with Crippen molar-refractivity contribution in [1.29, 1.82) is 0 Å². The lowest BCUT2D eigenvalue weighted by Crippen LogP contribution is -2.53. The van der Waals surface area contributed by atoms with Gasteiger partial charge in [0.25, 0.3) is 0 Å². The molecule has 3 N–H and O–H groups in total. The molecule has 1 aromatic rings. The molecular weight excluding hydrogens is 256 g/mol. The molecule has 1 aliphatic carbocycles. The van der Waals surface area contributed by atoms with E-state index >= 15 is 0 Å². The Balaban J connectivity index is 2.11. The van der Waals surface area contributed by atoms with Gasteiger partial charge >= 0.3 is 0 Å². The monoisotopic (exact) mass is 276 g/mol. The van der Waals surface area contributed by atoms with Crippen LogP contribution in [0.5, 0.6) is 0 Å². The van der Waals surface area contributed by atoms with E-state index in [1.54, 1.807) is 0 Å². The van der Waals surface area contributed by atoms with E-state index in [0.717, 1.165) is 31.2 Å². The van der Waals surface area contributed by atoms with Crippen molar-refractivity contribution in [2.24, 2.45) is 11.1 Å². The first-order valence-corrected chi connectivity index (χ1v) is 7.17. The van der Waals surface area contributed by atoms with E-state index in [4.69, 9.17) is 18.0 Å². The first-order valence-electron chi connectivity index (χ1n) is 6.76. The highest BCUT2D eigenvalue weighted by atomic mass is 32.1. The molecule has 1 unspecified atom stereocenters. The molecule has 0 heterocycles. The van der Waals surface area contributed by atoms with Gasteiger partial charge in [-0.15, -0.1) is 0 Å². The van der Waals surface area contributed by atoms with Gasteiger partial charge in [0.2, 0.25) is 5.91 Å². The average Bonchev–Trinajstić information content (AvgIpc) is 2.35. The van der Waals surface area contributed by atoms with E-state index in [9.17, 15) is 4.79 Å². The van der Waals surface area contributed by atoms with Crippen LogP contribution in [0.4, 0.5) is 0 Å². The number of hydrogen-bond acceptors (Lipinski definition) is 2. The van der Waals surface area contributed by atoms with E-state index < -0.39 is 5.41 Å². The summed E-state index contributed by atoms with van der Waals surface area (Å²) in [6.07, 6.45) is 3.43. The maximum atomic E-state index is 12.5. The van der Waals surface area contributed by atoms with Crippen molar-refractivity contribution >= 4 is 23.1 Å². The number of nitrogens with two attached hydrogens (primary N) is 1. The molecule has 1 aliphatic rings. The summed E-state index contributed by atoms with van der Waals surface area (Å²) in [5.41, 5.74) is 6.28. The quantitative estimate of drug-likeness (QED) is 0.813. The fourth-order valence-electron chi connectivity index (χ4n) is 2.52. The van der Waals surface area contributed by atoms with Crippen molar-refractivity contribution in [3.63, 3.8) is 0 Å². The molecule has 3 nitrogen and oxygen atoms in total. The normalized spacial score (nSPS) is 18.2. The van der Waals surface area contributed by atoms with Crippen LogP contribution in [0.3, 0.4) is 0 Å². The third-order valence-corrected chi connectivity index (χ3v) is 4.42. The van der Waals surface area contributed by atoms with E-state index in [2.05, 4.69) is 12.2 Å². The molecule has 1 fully saturated rings. The minimum atomic E-state index is -0.600. The molecule has 0 bridgehead atoms. The van der Waals surface area contributed by atoms with Crippen LogP contribution in [0.25, 0.3) is 0 Å². The summed E-state index contributed by atoms with van der Waals surface area (Å²) in [6, 6.07) is 10.0. The zero-order valence-electron chi connectivity index (χ0n) is 11.2. The van der Waals surface area contributed by atoms with Crippen LogP contribution in [0.1, 0.15) is 44.2 Å². The summed E-state index contributed by atoms with van der Waals surface area (Å²) in [7, 11) is 0. The Hall–Kier alpha value is -1.42. The van der Waals surface area contributed by atoms with Crippen molar-refractivity contribution in [1.82, 2.24) is 5.32 Å². The van der Waals surface area contributed by atoms with Crippen molar-refractivity contribution in [2.45, 2.75) is 38.6 Å². The SMILES string of the molecule is CCC(NC(=O)C1(C(N)=S)CCC1)c1ccccc1. The fourth-order valence-corrected chi connectivity index (χ4v) is 2.82. The number of amides is 1. The number of thiocarbonyl (C=S) groups is 1. The predicted molar refractivity (Wildman–Crippen MR) is 80.7 cm³/mol. The second-order valence-electron chi connectivity index (χ2n) is 5.14. The van der Waals surface area contributed by atoms with Crippen LogP contribution in [0.15, 0.2) is 30.3 Å². The summed E-state index contributed by atoms with van der Waals surface area (Å²) in [4.78, 5) is 12.8. The number of carbonyl (C=O) groups excluding carboxylic acids is 1. The highest BCUT2D eigenvalue weighted by molar-refractivity contribution is 7.80. The van der Waals surface area contributed by atoms with Crippen molar-refractivity contribution in [2.75, 3.05) is 0 Å². The van der Waals surface area contributed by atoms with Crippen LogP contribution in [0, 0.1) is 5.41 Å². The van der Waals surface area contributed by atoms with Crippen LogP contribution >= 0.6 is 12.2 Å². The van der Waals surface area contributed by atoms with Gasteiger partial charge in [-0.1, -0.05) is 55.9 Å². The molecule has 1 amide bonds. The van der Waals surface area contributed by atoms with E-state index in [1.165, 1.54) is 0 Å². The molecule has 102 valence electrons. The van der Waals surface area contributed by atoms with Crippen molar-refractivity contribution in [3.05, 3.63) is 35.9 Å². The van der Waals surface area contributed by atoms with Gasteiger partial charge in [-0.25, -0.2) is 0 Å². The average molecular weight is 276 g/mol. The number of nitrogens with one attached hydrogen (secondary N) is 1. The van der Waals surface area contributed by atoms with Gasteiger partial charge in [0, 0.05) is 0 Å². The maximum absolute atomic E-state index is 12.5. The predicted octanol–water partition coefficient (Wildman–Crippen LogP) is 2.71. The van der Waals surface area contributed by atoms with E-state index in [-0.39, 0.29) is 11.9 Å². The summed E-state index contributed by atoms with van der Waals surface area (Å²) in [5, 5.41) is 3.10. The van der Waals surface area contributed by atoms with Gasteiger partial charge in [0.15, 0.2) is 0 Å². The third kappa shape index (κ3) is 2.63. The van der Waals surface area contributed by atoms with Crippen molar-refractivity contribution < 1.29 is 4.79 Å². The minimum absolute atomic E-state index is 0.0121. The summed E-state index contributed by atoms with van der Waals surface area (Å²) in [5.74, 6) is -0.0121. The van der Waals surface area contributed by atoms with E-state index in [1.807, 2.05) is 30.3 Å². The second-order valence-corrected chi connectivity index (χ2v) is 5.58. The number of hydrogen-bond donors (Lipinski definition) is 2. The highest BCUT2D eigenvalue weighted by Crippen LogP contribution is 2.42. The van der Waals surface area contributed by atoms with Gasteiger partial charge in [0.05, 0.1) is 16.4 Å². The lowest BCUT2D eigenvalue weighted by Gasteiger charge is -2.40. The summed E-state index contributed by atoms with van der Waals surface area (Å²) >= 11 is 5.08. The largest absolute Gasteiger partial charge is 0.392 e. The van der Waals surface area contributed by atoms with Crippen molar-refractivity contribution in [3.8, 4) is 0 Å². The molecule has 1 aromatic carbocycles. The molecular formula is C15H20N2OS.